The van der Waals surface area contributed by atoms with Gasteiger partial charge in [0.1, 0.15) is 0 Å². The van der Waals surface area contributed by atoms with Crippen molar-refractivity contribution >= 4 is 11.8 Å². The predicted octanol–water partition coefficient (Wildman–Crippen LogP) is 3.74. The molecule has 2 aliphatic rings. The second kappa shape index (κ2) is 10.7. The van der Waals surface area contributed by atoms with E-state index >= 15 is 0 Å². The van der Waals surface area contributed by atoms with Crippen LogP contribution in [0.2, 0.25) is 0 Å². The molecule has 0 aromatic heterocycles. The fourth-order valence-corrected chi connectivity index (χ4v) is 3.69. The summed E-state index contributed by atoms with van der Waals surface area (Å²) in [6, 6.07) is 0. The third-order valence-electron chi connectivity index (χ3n) is 5.20. The van der Waals surface area contributed by atoms with Crippen LogP contribution in [-0.2, 0) is 9.59 Å². The Hall–Kier alpha value is -1.06. The molecule has 0 atom stereocenters. The molecule has 0 saturated carbocycles. The summed E-state index contributed by atoms with van der Waals surface area (Å²) in [5.41, 5.74) is 0. The zero-order chi connectivity index (χ0) is 16.3. The molecular weight excluding hydrogens is 288 g/mol. The molecule has 0 bridgehead atoms. The first kappa shape index (κ1) is 18.3. The van der Waals surface area contributed by atoms with Gasteiger partial charge < -0.3 is 9.80 Å². The van der Waals surface area contributed by atoms with Gasteiger partial charge in [0.2, 0.25) is 11.8 Å². The number of likely N-dealkylation sites (tertiary alicyclic amines) is 2. The fourth-order valence-electron chi connectivity index (χ4n) is 3.69. The van der Waals surface area contributed by atoms with E-state index in [-0.39, 0.29) is 0 Å². The normalized spacial score (nSPS) is 17.9. The molecule has 2 heterocycles. The minimum absolute atomic E-state index is 0.364. The smallest absolute Gasteiger partial charge is 0.222 e. The summed E-state index contributed by atoms with van der Waals surface area (Å²) >= 11 is 0. The van der Waals surface area contributed by atoms with E-state index in [4.69, 9.17) is 0 Å². The van der Waals surface area contributed by atoms with Crippen molar-refractivity contribution in [1.29, 1.82) is 0 Å². The number of amides is 2. The fraction of sp³-hybridized carbons (Fsp3) is 0.895. The average molecular weight is 322 g/mol. The second-order valence-corrected chi connectivity index (χ2v) is 7.15. The quantitative estimate of drug-likeness (QED) is 0.575. The highest BCUT2D eigenvalue weighted by Crippen LogP contribution is 2.14. The Bertz CT molecular complexity index is 324. The molecule has 4 nitrogen and oxygen atoms in total. The lowest BCUT2D eigenvalue weighted by Gasteiger charge is -2.15. The molecule has 2 rings (SSSR count). The van der Waals surface area contributed by atoms with Crippen LogP contribution < -0.4 is 0 Å². The minimum atomic E-state index is 0.364. The summed E-state index contributed by atoms with van der Waals surface area (Å²) in [6.45, 7) is 3.92. The largest absolute Gasteiger partial charge is 0.343 e. The van der Waals surface area contributed by atoms with Crippen molar-refractivity contribution in [3.63, 3.8) is 0 Å². The highest BCUT2D eigenvalue weighted by Gasteiger charge is 2.17. The van der Waals surface area contributed by atoms with Crippen molar-refractivity contribution in [3.8, 4) is 0 Å². The van der Waals surface area contributed by atoms with E-state index in [1.54, 1.807) is 0 Å². The molecule has 0 aliphatic carbocycles. The number of carbonyl (C=O) groups is 2. The number of hydrogen-bond donors (Lipinski definition) is 0. The highest BCUT2D eigenvalue weighted by molar-refractivity contribution is 5.76. The van der Waals surface area contributed by atoms with E-state index in [1.165, 1.54) is 57.8 Å². The van der Waals surface area contributed by atoms with E-state index in [0.717, 1.165) is 51.9 Å². The Morgan fingerprint density at radius 2 is 0.826 bits per heavy atom. The summed E-state index contributed by atoms with van der Waals surface area (Å²) in [5, 5.41) is 0. The first-order valence-corrected chi connectivity index (χ1v) is 9.83. The van der Waals surface area contributed by atoms with Crippen LogP contribution >= 0.6 is 0 Å². The first-order valence-electron chi connectivity index (χ1n) is 9.83. The zero-order valence-electron chi connectivity index (χ0n) is 14.7. The lowest BCUT2D eigenvalue weighted by atomic mass is 10.1. The molecule has 132 valence electrons. The number of rotatable bonds is 10. The van der Waals surface area contributed by atoms with E-state index in [2.05, 4.69) is 0 Å². The van der Waals surface area contributed by atoms with Gasteiger partial charge in [-0.15, -0.1) is 0 Å². The number of nitrogens with zero attached hydrogens (tertiary/aromatic N) is 2. The van der Waals surface area contributed by atoms with Gasteiger partial charge >= 0.3 is 0 Å². The Morgan fingerprint density at radius 1 is 0.522 bits per heavy atom. The molecule has 0 spiro atoms. The molecule has 2 saturated heterocycles. The predicted molar refractivity (Wildman–Crippen MR) is 93.2 cm³/mol. The number of unbranched alkanes of at least 4 members (excludes halogenated alkanes) is 6. The molecule has 0 radical (unpaired) electrons. The van der Waals surface area contributed by atoms with Crippen LogP contribution in [0.1, 0.15) is 83.5 Å². The minimum Gasteiger partial charge on any atom is -0.343 e. The van der Waals surface area contributed by atoms with E-state index in [9.17, 15) is 9.59 Å². The van der Waals surface area contributed by atoms with Gasteiger partial charge in [0.05, 0.1) is 0 Å². The summed E-state index contributed by atoms with van der Waals surface area (Å²) in [6.07, 6.45) is 14.4. The molecule has 2 amide bonds. The van der Waals surface area contributed by atoms with E-state index < -0.39 is 0 Å². The van der Waals surface area contributed by atoms with Crippen LogP contribution in [0.4, 0.5) is 0 Å². The molecule has 0 aromatic rings. The van der Waals surface area contributed by atoms with Crippen molar-refractivity contribution in [2.45, 2.75) is 83.5 Å². The Balaban J connectivity index is 1.35. The first-order chi connectivity index (χ1) is 11.3. The van der Waals surface area contributed by atoms with Crippen LogP contribution in [0, 0.1) is 0 Å². The van der Waals surface area contributed by atoms with Gasteiger partial charge in [-0.3, -0.25) is 9.59 Å². The van der Waals surface area contributed by atoms with Crippen molar-refractivity contribution in [1.82, 2.24) is 9.80 Å². The SMILES string of the molecule is O=C(CCCCCCCCCC(=O)N1CCCC1)N1CCCC1. The zero-order valence-corrected chi connectivity index (χ0v) is 14.7. The topological polar surface area (TPSA) is 40.6 Å². The van der Waals surface area contributed by atoms with E-state index in [0.29, 0.717) is 11.8 Å². The van der Waals surface area contributed by atoms with Gasteiger partial charge in [0, 0.05) is 39.0 Å². The maximum Gasteiger partial charge on any atom is 0.222 e. The number of carbonyl (C=O) groups excluding carboxylic acids is 2. The molecule has 0 N–H and O–H groups in total. The summed E-state index contributed by atoms with van der Waals surface area (Å²) in [7, 11) is 0. The lowest BCUT2D eigenvalue weighted by Crippen LogP contribution is -2.27. The maximum atomic E-state index is 11.9. The highest BCUT2D eigenvalue weighted by atomic mass is 16.2. The van der Waals surface area contributed by atoms with Crippen LogP contribution in [0.3, 0.4) is 0 Å². The molecular formula is C19H34N2O2. The third-order valence-corrected chi connectivity index (χ3v) is 5.20. The molecule has 0 aromatic carbocycles. The lowest BCUT2D eigenvalue weighted by molar-refractivity contribution is -0.131. The van der Waals surface area contributed by atoms with Crippen LogP contribution in [-0.4, -0.2) is 47.8 Å². The number of hydrogen-bond acceptors (Lipinski definition) is 2. The molecule has 4 heteroatoms. The van der Waals surface area contributed by atoms with E-state index in [1.807, 2.05) is 9.80 Å². The maximum absolute atomic E-state index is 11.9. The van der Waals surface area contributed by atoms with Crippen molar-refractivity contribution < 1.29 is 9.59 Å². The second-order valence-electron chi connectivity index (χ2n) is 7.15. The Morgan fingerprint density at radius 3 is 1.17 bits per heavy atom. The van der Waals surface area contributed by atoms with Crippen LogP contribution in [0.5, 0.6) is 0 Å². The van der Waals surface area contributed by atoms with Crippen LogP contribution in [0.25, 0.3) is 0 Å². The van der Waals surface area contributed by atoms with Gasteiger partial charge in [-0.1, -0.05) is 32.1 Å². The summed E-state index contributed by atoms with van der Waals surface area (Å²) < 4.78 is 0. The van der Waals surface area contributed by atoms with Gasteiger partial charge in [0.15, 0.2) is 0 Å². The third kappa shape index (κ3) is 6.92. The average Bonchev–Trinajstić information content (AvgIpc) is 3.25. The van der Waals surface area contributed by atoms with Crippen molar-refractivity contribution in [3.05, 3.63) is 0 Å². The molecule has 0 unspecified atom stereocenters. The van der Waals surface area contributed by atoms with Gasteiger partial charge in [-0.2, -0.15) is 0 Å². The Kier molecular flexibility index (Phi) is 8.48. The molecule has 2 fully saturated rings. The Labute approximate surface area is 141 Å². The molecule has 23 heavy (non-hydrogen) atoms. The van der Waals surface area contributed by atoms with Gasteiger partial charge in [-0.25, -0.2) is 0 Å². The van der Waals surface area contributed by atoms with Crippen molar-refractivity contribution in [2.24, 2.45) is 0 Å². The van der Waals surface area contributed by atoms with Crippen molar-refractivity contribution in [2.75, 3.05) is 26.2 Å². The monoisotopic (exact) mass is 322 g/mol. The van der Waals surface area contributed by atoms with Crippen LogP contribution in [0.15, 0.2) is 0 Å². The van der Waals surface area contributed by atoms with Gasteiger partial charge in [0.25, 0.3) is 0 Å². The van der Waals surface area contributed by atoms with Gasteiger partial charge in [-0.05, 0) is 38.5 Å². The standard InChI is InChI=1S/C19H34N2O2/c22-18(20-14-8-9-15-20)12-6-4-2-1-3-5-7-13-19(23)21-16-10-11-17-21/h1-17H2. The molecule has 2 aliphatic heterocycles. The summed E-state index contributed by atoms with van der Waals surface area (Å²) in [4.78, 5) is 27.8. The summed E-state index contributed by atoms with van der Waals surface area (Å²) in [5.74, 6) is 0.728.